The van der Waals surface area contributed by atoms with Gasteiger partial charge >= 0.3 is 0 Å². The van der Waals surface area contributed by atoms with E-state index in [-0.39, 0.29) is 29.7 Å². The third-order valence-corrected chi connectivity index (χ3v) is 9.28. The van der Waals surface area contributed by atoms with Crippen molar-refractivity contribution in [1.82, 2.24) is 14.7 Å². The van der Waals surface area contributed by atoms with Gasteiger partial charge in [-0.25, -0.2) is 0 Å². The van der Waals surface area contributed by atoms with Crippen LogP contribution < -0.4 is 0 Å². The molecule has 8 heteroatoms. The van der Waals surface area contributed by atoms with E-state index in [0.29, 0.717) is 51.9 Å². The van der Waals surface area contributed by atoms with Gasteiger partial charge in [0.05, 0.1) is 17.9 Å². The Kier molecular flexibility index (Phi) is 9.92. The number of nitrogens with zero attached hydrogens (tertiary/aromatic N) is 3. The van der Waals surface area contributed by atoms with E-state index in [4.69, 9.17) is 4.74 Å². The van der Waals surface area contributed by atoms with E-state index in [1.54, 1.807) is 22.0 Å². The van der Waals surface area contributed by atoms with Crippen molar-refractivity contribution in [2.24, 2.45) is 17.3 Å². The molecule has 0 radical (unpaired) electrons. The molecule has 236 valence electrons. The van der Waals surface area contributed by atoms with Crippen molar-refractivity contribution in [2.75, 3.05) is 26.2 Å². The van der Waals surface area contributed by atoms with Gasteiger partial charge in [0.25, 0.3) is 0 Å². The monoisotopic (exact) mass is 593 g/mol. The third-order valence-electron chi connectivity index (χ3n) is 9.28. The van der Waals surface area contributed by atoms with Crippen molar-refractivity contribution in [1.29, 1.82) is 0 Å². The predicted octanol–water partition coefficient (Wildman–Crippen LogP) is 4.58. The first-order chi connectivity index (χ1) is 20.3. The Balaban J connectivity index is 1.73. The van der Waals surface area contributed by atoms with Crippen LogP contribution in [-0.2, 0) is 25.7 Å². The molecule has 1 aromatic carbocycles. The molecule has 3 aliphatic heterocycles. The van der Waals surface area contributed by atoms with Gasteiger partial charge in [-0.3, -0.25) is 14.4 Å². The lowest BCUT2D eigenvalue weighted by atomic mass is 9.70. The summed E-state index contributed by atoms with van der Waals surface area (Å²) in [6.07, 6.45) is 6.02. The molecule has 3 saturated heterocycles. The molecule has 1 spiro atoms. The van der Waals surface area contributed by atoms with Gasteiger partial charge in [-0.15, -0.1) is 13.2 Å². The lowest BCUT2D eigenvalue weighted by Crippen LogP contribution is -2.61. The summed E-state index contributed by atoms with van der Waals surface area (Å²) in [7, 11) is 0. The van der Waals surface area contributed by atoms with Crippen LogP contribution in [0.5, 0.6) is 0 Å². The summed E-state index contributed by atoms with van der Waals surface area (Å²) >= 11 is 0. The molecule has 5 atom stereocenters. The number of hydrogen-bond donors (Lipinski definition) is 1. The number of unbranched alkanes of at least 4 members (excludes halogenated alkanes) is 1. The lowest BCUT2D eigenvalue weighted by Gasteiger charge is -2.45. The van der Waals surface area contributed by atoms with Crippen molar-refractivity contribution < 1.29 is 24.2 Å². The Hall–Kier alpha value is -2.97. The van der Waals surface area contributed by atoms with Crippen LogP contribution >= 0.6 is 0 Å². The molecule has 1 N–H and O–H groups in total. The van der Waals surface area contributed by atoms with Gasteiger partial charge < -0.3 is 24.5 Å². The molecule has 3 aliphatic rings. The van der Waals surface area contributed by atoms with E-state index >= 15 is 0 Å². The zero-order valence-electron chi connectivity index (χ0n) is 26.8. The number of benzene rings is 1. The minimum atomic E-state index is -1.07. The second kappa shape index (κ2) is 12.9. The fraction of sp³-hybridized carbons (Fsp3) is 0.629. The van der Waals surface area contributed by atoms with Crippen molar-refractivity contribution in [3.8, 4) is 0 Å². The highest BCUT2D eigenvalue weighted by molar-refractivity contribution is 5.99. The molecular formula is C35H51N3O5. The summed E-state index contributed by atoms with van der Waals surface area (Å²) in [5, 5.41) is 9.49. The van der Waals surface area contributed by atoms with Crippen LogP contribution in [0.3, 0.4) is 0 Å². The van der Waals surface area contributed by atoms with Crippen molar-refractivity contribution in [3.05, 3.63) is 61.2 Å². The van der Waals surface area contributed by atoms with E-state index in [1.807, 2.05) is 35.2 Å². The van der Waals surface area contributed by atoms with E-state index in [0.717, 1.165) is 12.0 Å². The van der Waals surface area contributed by atoms with Crippen LogP contribution in [-0.4, -0.2) is 87.1 Å². The zero-order chi connectivity index (χ0) is 31.6. The molecule has 1 aromatic rings. The van der Waals surface area contributed by atoms with Crippen LogP contribution in [0, 0.1) is 17.3 Å². The zero-order valence-corrected chi connectivity index (χ0v) is 26.8. The Morgan fingerprint density at radius 1 is 1.07 bits per heavy atom. The maximum absolute atomic E-state index is 14.8. The summed E-state index contributed by atoms with van der Waals surface area (Å²) in [4.78, 5) is 48.7. The van der Waals surface area contributed by atoms with E-state index < -0.39 is 35.1 Å². The fourth-order valence-corrected chi connectivity index (χ4v) is 8.06. The van der Waals surface area contributed by atoms with E-state index in [2.05, 4.69) is 47.8 Å². The number of ether oxygens (including phenoxy) is 1. The Morgan fingerprint density at radius 3 is 2.35 bits per heavy atom. The van der Waals surface area contributed by atoms with Crippen LogP contribution in [0.1, 0.15) is 72.3 Å². The Morgan fingerprint density at radius 2 is 1.74 bits per heavy atom. The fourth-order valence-electron chi connectivity index (χ4n) is 8.06. The summed E-state index contributed by atoms with van der Waals surface area (Å²) in [6.45, 7) is 19.8. The SMILES string of the molecule is C=CCN(Cc1ccccc1)C(=O)[C@@H]1[C@@H]2CCC3(O2)C(C(=O)N(CC=C)C(C)(C)CC(C)(C)C)N(CCCCO)C(=O)[C@H]13. The number of fused-ring (bicyclic) bond motifs is 1. The van der Waals surface area contributed by atoms with Gasteiger partial charge in [0.1, 0.15) is 11.6 Å². The van der Waals surface area contributed by atoms with Crippen LogP contribution in [0.2, 0.25) is 0 Å². The van der Waals surface area contributed by atoms with Gasteiger partial charge in [0.15, 0.2) is 0 Å². The average Bonchev–Trinajstić information content (AvgIpc) is 3.57. The van der Waals surface area contributed by atoms with Crippen LogP contribution in [0.25, 0.3) is 0 Å². The molecule has 2 unspecified atom stereocenters. The second-order valence-corrected chi connectivity index (χ2v) is 14.3. The molecule has 3 fully saturated rings. The number of rotatable bonds is 14. The van der Waals surface area contributed by atoms with E-state index in [1.165, 1.54) is 0 Å². The molecule has 0 saturated carbocycles. The summed E-state index contributed by atoms with van der Waals surface area (Å²) in [6, 6.07) is 8.95. The highest BCUT2D eigenvalue weighted by Gasteiger charge is 2.75. The summed E-state index contributed by atoms with van der Waals surface area (Å²) in [5.41, 5.74) is -0.624. The van der Waals surface area contributed by atoms with Crippen molar-refractivity contribution in [3.63, 3.8) is 0 Å². The normalized spacial score (nSPS) is 26.4. The van der Waals surface area contributed by atoms with Crippen molar-refractivity contribution >= 4 is 17.7 Å². The number of likely N-dealkylation sites (tertiary alicyclic amines) is 1. The standard InChI is InChI=1S/C35H51N3O5/c1-8-19-36(23-25-15-11-10-12-16-25)30(40)27-26-17-18-35(43-26)28(27)31(41)37(21-13-14-22-39)29(35)32(42)38(20-9-2)34(6,7)24-33(3,4)5/h8-12,15-16,26-29,39H,1-2,13-14,17-24H2,3-7H3/t26-,27+,28-,29?,35?/m0/s1. The molecule has 0 aliphatic carbocycles. The van der Waals surface area contributed by atoms with Gasteiger partial charge in [-0.1, -0.05) is 63.3 Å². The lowest BCUT2D eigenvalue weighted by molar-refractivity contribution is -0.153. The number of aliphatic hydroxyl groups is 1. The number of hydrogen-bond acceptors (Lipinski definition) is 5. The van der Waals surface area contributed by atoms with E-state index in [9.17, 15) is 19.5 Å². The quantitative estimate of drug-likeness (QED) is 0.252. The molecule has 43 heavy (non-hydrogen) atoms. The Labute approximate surface area is 257 Å². The molecule has 3 heterocycles. The van der Waals surface area contributed by atoms with Gasteiger partial charge in [0, 0.05) is 38.3 Å². The molecule has 8 nitrogen and oxygen atoms in total. The topological polar surface area (TPSA) is 90.4 Å². The maximum Gasteiger partial charge on any atom is 0.249 e. The number of carbonyl (C=O) groups excluding carboxylic acids is 3. The minimum Gasteiger partial charge on any atom is -0.396 e. The predicted molar refractivity (Wildman–Crippen MR) is 168 cm³/mol. The number of amides is 3. The molecule has 2 bridgehead atoms. The largest absolute Gasteiger partial charge is 0.396 e. The maximum atomic E-state index is 14.8. The average molecular weight is 594 g/mol. The first kappa shape index (κ1) is 32.9. The highest BCUT2D eigenvalue weighted by Crippen LogP contribution is 2.59. The van der Waals surface area contributed by atoms with Gasteiger partial charge in [-0.05, 0) is 56.9 Å². The summed E-state index contributed by atoms with van der Waals surface area (Å²) in [5.74, 6) is -1.88. The summed E-state index contributed by atoms with van der Waals surface area (Å²) < 4.78 is 6.72. The Bertz CT molecular complexity index is 1190. The second-order valence-electron chi connectivity index (χ2n) is 14.3. The smallest absolute Gasteiger partial charge is 0.249 e. The highest BCUT2D eigenvalue weighted by atomic mass is 16.5. The first-order valence-corrected chi connectivity index (χ1v) is 15.8. The van der Waals surface area contributed by atoms with Crippen LogP contribution in [0.4, 0.5) is 0 Å². The third kappa shape index (κ3) is 6.46. The molecule has 4 rings (SSSR count). The minimum absolute atomic E-state index is 0.00605. The first-order valence-electron chi connectivity index (χ1n) is 15.8. The van der Waals surface area contributed by atoms with Gasteiger partial charge in [-0.2, -0.15) is 0 Å². The molecule has 0 aromatic heterocycles. The number of aliphatic hydroxyl groups excluding tert-OH is 1. The van der Waals surface area contributed by atoms with Crippen molar-refractivity contribution in [2.45, 2.75) is 96.6 Å². The van der Waals surface area contributed by atoms with Gasteiger partial charge in [0.2, 0.25) is 17.7 Å². The van der Waals surface area contributed by atoms with Crippen LogP contribution in [0.15, 0.2) is 55.6 Å². The number of carbonyl (C=O) groups is 3. The molecule has 3 amide bonds. The molecular weight excluding hydrogens is 542 g/mol.